The summed E-state index contributed by atoms with van der Waals surface area (Å²) in [4.78, 5) is 14.8. The highest BCUT2D eigenvalue weighted by Crippen LogP contribution is 2.40. The van der Waals surface area contributed by atoms with E-state index in [1.54, 1.807) is 0 Å². The van der Waals surface area contributed by atoms with Crippen LogP contribution in [0, 0.1) is 11.3 Å². The van der Waals surface area contributed by atoms with Gasteiger partial charge in [-0.2, -0.15) is 5.26 Å². The Bertz CT molecular complexity index is 2550. The maximum absolute atomic E-state index is 10.5. The molecule has 3 heterocycles. The maximum Gasteiger partial charge on any atom is 0.163 e. The number of fused-ring (bicyclic) bond motifs is 6. The lowest BCUT2D eigenvalue weighted by Gasteiger charge is -2.23. The lowest BCUT2D eigenvalue weighted by atomic mass is 9.93. The summed E-state index contributed by atoms with van der Waals surface area (Å²) in [6.45, 7) is 12.7. The fourth-order valence-electron chi connectivity index (χ4n) is 6.67. The number of hydrogen-bond acceptors (Lipinski definition) is 4. The first-order chi connectivity index (χ1) is 23.0. The molecule has 5 aromatic carbocycles. The van der Waals surface area contributed by atoms with Crippen molar-refractivity contribution >= 4 is 43.6 Å². The molecular formula is C42H36N6. The quantitative estimate of drug-likeness (QED) is 0.196. The molecule has 0 aliphatic heterocycles. The Morgan fingerprint density at radius 1 is 0.521 bits per heavy atom. The number of benzene rings is 5. The van der Waals surface area contributed by atoms with Crippen molar-refractivity contribution in [3.8, 4) is 28.8 Å². The van der Waals surface area contributed by atoms with Gasteiger partial charge in [0.2, 0.25) is 0 Å². The van der Waals surface area contributed by atoms with Gasteiger partial charge in [-0.1, -0.05) is 96.1 Å². The highest BCUT2D eigenvalue weighted by Gasteiger charge is 2.26. The molecule has 0 spiro atoms. The Hall–Kier alpha value is -5.80. The summed E-state index contributed by atoms with van der Waals surface area (Å²) in [5.74, 6) is 2.11. The van der Waals surface area contributed by atoms with Crippen molar-refractivity contribution in [1.29, 1.82) is 5.26 Å². The second-order valence-corrected chi connectivity index (χ2v) is 14.6. The van der Waals surface area contributed by atoms with E-state index < -0.39 is 0 Å². The zero-order valence-electron chi connectivity index (χ0n) is 28.1. The molecule has 0 atom stereocenters. The molecule has 6 heteroatoms. The van der Waals surface area contributed by atoms with Crippen molar-refractivity contribution in [2.45, 2.75) is 52.4 Å². The van der Waals surface area contributed by atoms with Crippen LogP contribution in [0.1, 0.15) is 58.8 Å². The molecule has 8 rings (SSSR count). The van der Waals surface area contributed by atoms with Crippen molar-refractivity contribution in [3.05, 3.63) is 126 Å². The second kappa shape index (κ2) is 10.6. The van der Waals surface area contributed by atoms with Crippen molar-refractivity contribution in [1.82, 2.24) is 24.1 Å². The zero-order chi connectivity index (χ0) is 33.4. The number of aromatic nitrogens is 5. The van der Waals surface area contributed by atoms with Gasteiger partial charge >= 0.3 is 0 Å². The molecule has 0 aliphatic carbocycles. The molecule has 0 bridgehead atoms. The van der Waals surface area contributed by atoms with Gasteiger partial charge in [-0.3, -0.25) is 0 Å². The number of para-hydroxylation sites is 3. The second-order valence-electron chi connectivity index (χ2n) is 14.6. The predicted octanol–water partition coefficient (Wildman–Crippen LogP) is 10.2. The van der Waals surface area contributed by atoms with Gasteiger partial charge in [-0.05, 0) is 54.6 Å². The van der Waals surface area contributed by atoms with Crippen LogP contribution in [0.15, 0.2) is 109 Å². The Labute approximate surface area is 280 Å². The average Bonchev–Trinajstić information content (AvgIpc) is 3.58. The topological polar surface area (TPSA) is 72.3 Å². The summed E-state index contributed by atoms with van der Waals surface area (Å²) >= 11 is 0. The Kier molecular flexibility index (Phi) is 6.54. The smallest absolute Gasteiger partial charge is 0.163 e. The Morgan fingerprint density at radius 2 is 1.04 bits per heavy atom. The van der Waals surface area contributed by atoms with Gasteiger partial charge in [0.05, 0.1) is 33.3 Å². The minimum absolute atomic E-state index is 0.260. The molecule has 0 fully saturated rings. The number of nitriles is 1. The van der Waals surface area contributed by atoms with E-state index in [0.717, 1.165) is 66.8 Å². The number of hydrogen-bond donors (Lipinski definition) is 0. The molecule has 0 radical (unpaired) electrons. The highest BCUT2D eigenvalue weighted by molar-refractivity contribution is 6.19. The van der Waals surface area contributed by atoms with Crippen molar-refractivity contribution in [2.75, 3.05) is 0 Å². The van der Waals surface area contributed by atoms with Crippen LogP contribution in [0.5, 0.6) is 0 Å². The fraction of sp³-hybridized carbons (Fsp3) is 0.190. The SMILES string of the molecule is CC(C)(C)c1nc(-c2ccc(C#N)c(-n3c4ccccc4c4cc5c(cc43)c3ccccc3n5-c3ccccc3)c2)nc(C(C)(C)C)n1. The number of rotatable bonds is 3. The minimum Gasteiger partial charge on any atom is -0.309 e. The molecule has 0 amide bonds. The van der Waals surface area contributed by atoms with Crippen molar-refractivity contribution < 1.29 is 0 Å². The van der Waals surface area contributed by atoms with E-state index in [0.29, 0.717) is 11.4 Å². The van der Waals surface area contributed by atoms with Gasteiger partial charge in [0.1, 0.15) is 17.7 Å². The summed E-state index contributed by atoms with van der Waals surface area (Å²) in [5, 5.41) is 15.0. The molecular weight excluding hydrogens is 589 g/mol. The fourth-order valence-corrected chi connectivity index (χ4v) is 6.67. The lowest BCUT2D eigenvalue weighted by molar-refractivity contribution is 0.497. The summed E-state index contributed by atoms with van der Waals surface area (Å²) in [5.41, 5.74) is 7.18. The largest absolute Gasteiger partial charge is 0.309 e. The number of nitrogens with zero attached hydrogens (tertiary/aromatic N) is 6. The van der Waals surface area contributed by atoms with E-state index in [1.807, 2.05) is 12.1 Å². The van der Waals surface area contributed by atoms with Crippen LogP contribution >= 0.6 is 0 Å². The third-order valence-electron chi connectivity index (χ3n) is 9.07. The predicted molar refractivity (Wildman–Crippen MR) is 196 cm³/mol. The zero-order valence-corrected chi connectivity index (χ0v) is 28.1. The maximum atomic E-state index is 10.5. The van der Waals surface area contributed by atoms with Gasteiger partial charge in [-0.25, -0.2) is 15.0 Å². The van der Waals surface area contributed by atoms with Gasteiger partial charge in [0.25, 0.3) is 0 Å². The van der Waals surface area contributed by atoms with E-state index in [1.165, 1.54) is 5.39 Å². The third-order valence-corrected chi connectivity index (χ3v) is 9.07. The first kappa shape index (κ1) is 29.6. The molecule has 234 valence electrons. The van der Waals surface area contributed by atoms with Crippen LogP contribution < -0.4 is 0 Å². The van der Waals surface area contributed by atoms with E-state index in [2.05, 4.69) is 154 Å². The lowest BCUT2D eigenvalue weighted by Crippen LogP contribution is -2.24. The van der Waals surface area contributed by atoms with E-state index in [-0.39, 0.29) is 10.8 Å². The van der Waals surface area contributed by atoms with Crippen molar-refractivity contribution in [3.63, 3.8) is 0 Å². The first-order valence-electron chi connectivity index (χ1n) is 16.4. The highest BCUT2D eigenvalue weighted by atomic mass is 15.1. The minimum atomic E-state index is -0.260. The van der Waals surface area contributed by atoms with Gasteiger partial charge in [-0.15, -0.1) is 0 Å². The molecule has 0 saturated carbocycles. The third kappa shape index (κ3) is 4.65. The van der Waals surface area contributed by atoms with Crippen LogP contribution in [0.25, 0.3) is 66.4 Å². The molecule has 48 heavy (non-hydrogen) atoms. The van der Waals surface area contributed by atoms with Crippen LogP contribution in [0.4, 0.5) is 0 Å². The first-order valence-corrected chi connectivity index (χ1v) is 16.4. The van der Waals surface area contributed by atoms with Crippen LogP contribution in [0.2, 0.25) is 0 Å². The summed E-state index contributed by atoms with van der Waals surface area (Å²) < 4.78 is 4.58. The summed E-state index contributed by atoms with van der Waals surface area (Å²) in [7, 11) is 0. The summed E-state index contributed by atoms with van der Waals surface area (Å²) in [6, 6.07) is 40.5. The molecule has 3 aromatic heterocycles. The average molecular weight is 625 g/mol. The van der Waals surface area contributed by atoms with Crippen LogP contribution in [0.3, 0.4) is 0 Å². The van der Waals surface area contributed by atoms with Gasteiger partial charge in [0, 0.05) is 43.6 Å². The molecule has 0 saturated heterocycles. The Morgan fingerprint density at radius 3 is 1.60 bits per heavy atom. The molecule has 0 unspecified atom stereocenters. The van der Waals surface area contributed by atoms with Crippen LogP contribution in [-0.4, -0.2) is 24.1 Å². The van der Waals surface area contributed by atoms with Gasteiger partial charge in [0.15, 0.2) is 5.82 Å². The molecule has 8 aromatic rings. The molecule has 6 nitrogen and oxygen atoms in total. The molecule has 0 aliphatic rings. The standard InChI is InChI=1S/C42H36N6/c1-41(2,3)39-44-38(45-40(46-39)42(4,5)6)26-20-21-27(25-43)35(22-26)48-34-19-13-11-17-30(34)32-23-36-31(24-37(32)48)29-16-10-12-18-33(29)47(36)28-14-8-7-9-15-28/h7-24H,1-6H3. The normalized spacial score (nSPS) is 12.4. The van der Waals surface area contributed by atoms with Crippen molar-refractivity contribution in [2.24, 2.45) is 0 Å². The monoisotopic (exact) mass is 624 g/mol. The van der Waals surface area contributed by atoms with E-state index in [9.17, 15) is 5.26 Å². The summed E-state index contributed by atoms with van der Waals surface area (Å²) in [6.07, 6.45) is 0. The Balaban J connectivity index is 1.45. The van der Waals surface area contributed by atoms with E-state index >= 15 is 0 Å². The molecule has 0 N–H and O–H groups in total. The van der Waals surface area contributed by atoms with Gasteiger partial charge < -0.3 is 9.13 Å². The van der Waals surface area contributed by atoms with E-state index in [4.69, 9.17) is 15.0 Å². The van der Waals surface area contributed by atoms with Crippen LogP contribution in [-0.2, 0) is 10.8 Å².